The van der Waals surface area contributed by atoms with Crippen molar-refractivity contribution in [2.24, 2.45) is 0 Å². The largest absolute Gasteiger partial charge is 0.493 e. The van der Waals surface area contributed by atoms with Gasteiger partial charge in [0.1, 0.15) is 11.3 Å². The van der Waals surface area contributed by atoms with E-state index in [0.717, 1.165) is 6.42 Å². The second-order valence-electron chi connectivity index (χ2n) is 5.76. The third-order valence-corrected chi connectivity index (χ3v) is 3.91. The fraction of sp³-hybridized carbons (Fsp3) is 0.200. The molecule has 3 rings (SSSR count). The Bertz CT molecular complexity index is 939. The van der Waals surface area contributed by atoms with Crippen molar-refractivity contribution in [3.05, 3.63) is 81.8 Å². The number of H-pyrrole nitrogens is 1. The van der Waals surface area contributed by atoms with Gasteiger partial charge in [0.05, 0.1) is 17.9 Å². The molecule has 2 aromatic carbocycles. The summed E-state index contributed by atoms with van der Waals surface area (Å²) in [7, 11) is 0. The first-order chi connectivity index (χ1) is 12.1. The number of ketones is 1. The molecule has 0 bridgehead atoms. The topological polar surface area (TPSA) is 64.1 Å². The molecule has 0 aliphatic heterocycles. The Morgan fingerprint density at radius 1 is 1.08 bits per heavy atom. The molecule has 1 N–H and O–H groups in total. The van der Waals surface area contributed by atoms with Crippen LogP contribution in [-0.4, -0.2) is 22.2 Å². The first-order valence-corrected chi connectivity index (χ1v) is 8.27. The highest BCUT2D eigenvalue weighted by Crippen LogP contribution is 2.22. The standard InChI is InChI=1S/C20H20N2O3/c1-3-13-25-17-12-8-7-11-16(17)19(23)18-14(2)21-22(20(18)24)15-9-5-4-6-10-15/h4-12,21H,3,13H2,1-2H3. The Hall–Kier alpha value is -3.08. The highest BCUT2D eigenvalue weighted by Gasteiger charge is 2.23. The lowest BCUT2D eigenvalue weighted by molar-refractivity contribution is 0.103. The van der Waals surface area contributed by atoms with Crippen LogP contribution in [0.5, 0.6) is 5.75 Å². The molecule has 0 spiro atoms. The van der Waals surface area contributed by atoms with Crippen LogP contribution < -0.4 is 10.3 Å². The number of aromatic amines is 1. The van der Waals surface area contributed by atoms with Crippen LogP contribution in [0.25, 0.3) is 5.69 Å². The van der Waals surface area contributed by atoms with Gasteiger partial charge in [-0.1, -0.05) is 37.3 Å². The molecule has 0 amide bonds. The maximum atomic E-state index is 13.0. The molecular weight excluding hydrogens is 316 g/mol. The lowest BCUT2D eigenvalue weighted by Crippen LogP contribution is -2.21. The van der Waals surface area contributed by atoms with Gasteiger partial charge in [-0.2, -0.15) is 0 Å². The van der Waals surface area contributed by atoms with Gasteiger partial charge in [-0.3, -0.25) is 14.7 Å². The number of nitrogens with one attached hydrogen (secondary N) is 1. The fourth-order valence-electron chi connectivity index (χ4n) is 2.70. The van der Waals surface area contributed by atoms with Crippen LogP contribution in [0, 0.1) is 6.92 Å². The molecule has 0 saturated heterocycles. The van der Waals surface area contributed by atoms with Gasteiger partial charge in [0.15, 0.2) is 0 Å². The van der Waals surface area contributed by atoms with Crippen LogP contribution in [0.4, 0.5) is 0 Å². The molecule has 25 heavy (non-hydrogen) atoms. The normalized spacial score (nSPS) is 10.6. The summed E-state index contributed by atoms with van der Waals surface area (Å²) in [6.45, 7) is 4.24. The third kappa shape index (κ3) is 3.26. The number of carbonyl (C=O) groups is 1. The van der Waals surface area contributed by atoms with Crippen molar-refractivity contribution in [1.29, 1.82) is 0 Å². The van der Waals surface area contributed by atoms with E-state index in [0.29, 0.717) is 29.3 Å². The van der Waals surface area contributed by atoms with Gasteiger partial charge in [-0.05, 0) is 37.6 Å². The second kappa shape index (κ2) is 7.21. The van der Waals surface area contributed by atoms with Gasteiger partial charge in [-0.25, -0.2) is 4.68 Å². The lowest BCUT2D eigenvalue weighted by Gasteiger charge is -2.09. The second-order valence-corrected chi connectivity index (χ2v) is 5.76. The number of hydrogen-bond acceptors (Lipinski definition) is 3. The number of ether oxygens (including phenoxy) is 1. The third-order valence-electron chi connectivity index (χ3n) is 3.91. The van der Waals surface area contributed by atoms with Gasteiger partial charge in [0.2, 0.25) is 5.78 Å². The van der Waals surface area contributed by atoms with Crippen LogP contribution >= 0.6 is 0 Å². The minimum Gasteiger partial charge on any atom is -0.493 e. The van der Waals surface area contributed by atoms with Crippen molar-refractivity contribution in [3.63, 3.8) is 0 Å². The molecule has 3 aromatic rings. The Morgan fingerprint density at radius 2 is 1.76 bits per heavy atom. The van der Waals surface area contributed by atoms with Gasteiger partial charge in [0.25, 0.3) is 5.56 Å². The van der Waals surface area contributed by atoms with Gasteiger partial charge >= 0.3 is 0 Å². The van der Waals surface area contributed by atoms with E-state index in [2.05, 4.69) is 5.10 Å². The molecule has 5 nitrogen and oxygen atoms in total. The summed E-state index contributed by atoms with van der Waals surface area (Å²) in [5.74, 6) is 0.167. The number of carbonyl (C=O) groups excluding carboxylic acids is 1. The zero-order chi connectivity index (χ0) is 17.8. The predicted molar refractivity (Wildman–Crippen MR) is 96.8 cm³/mol. The first-order valence-electron chi connectivity index (χ1n) is 8.27. The highest BCUT2D eigenvalue weighted by atomic mass is 16.5. The maximum Gasteiger partial charge on any atom is 0.282 e. The van der Waals surface area contributed by atoms with Crippen molar-refractivity contribution < 1.29 is 9.53 Å². The summed E-state index contributed by atoms with van der Waals surface area (Å²) in [6.07, 6.45) is 0.840. The summed E-state index contributed by atoms with van der Waals surface area (Å²) < 4.78 is 7.05. The Kier molecular flexibility index (Phi) is 4.84. The molecule has 0 saturated carbocycles. The molecule has 1 heterocycles. The smallest absolute Gasteiger partial charge is 0.282 e. The Morgan fingerprint density at radius 3 is 2.48 bits per heavy atom. The number of rotatable bonds is 6. The molecule has 5 heteroatoms. The number of aryl methyl sites for hydroxylation is 1. The monoisotopic (exact) mass is 336 g/mol. The Labute approximate surface area is 145 Å². The quantitative estimate of drug-likeness (QED) is 0.701. The average Bonchev–Trinajstić information content (AvgIpc) is 2.94. The summed E-state index contributed by atoms with van der Waals surface area (Å²) in [5, 5.41) is 2.99. The summed E-state index contributed by atoms with van der Waals surface area (Å²) >= 11 is 0. The Balaban J connectivity index is 2.05. The summed E-state index contributed by atoms with van der Waals surface area (Å²) in [6, 6.07) is 16.2. The molecule has 0 atom stereocenters. The van der Waals surface area contributed by atoms with Crippen LogP contribution in [0.15, 0.2) is 59.4 Å². The molecule has 0 aliphatic rings. The van der Waals surface area contributed by atoms with Crippen molar-refractivity contribution in [1.82, 2.24) is 9.78 Å². The first kappa shape index (κ1) is 16.8. The lowest BCUT2D eigenvalue weighted by atomic mass is 10.0. The number of benzene rings is 2. The number of para-hydroxylation sites is 2. The number of nitrogens with zero attached hydrogens (tertiary/aromatic N) is 1. The van der Waals surface area contributed by atoms with Crippen molar-refractivity contribution >= 4 is 5.78 Å². The molecule has 0 unspecified atom stereocenters. The zero-order valence-corrected chi connectivity index (χ0v) is 14.3. The number of hydrogen-bond donors (Lipinski definition) is 1. The van der Waals surface area contributed by atoms with E-state index in [1.165, 1.54) is 4.68 Å². The molecule has 0 radical (unpaired) electrons. The molecule has 0 fully saturated rings. The van der Waals surface area contributed by atoms with Crippen molar-refractivity contribution in [3.8, 4) is 11.4 Å². The van der Waals surface area contributed by atoms with E-state index in [-0.39, 0.29) is 16.9 Å². The molecular formula is C20H20N2O3. The van der Waals surface area contributed by atoms with E-state index < -0.39 is 0 Å². The van der Waals surface area contributed by atoms with Crippen molar-refractivity contribution in [2.75, 3.05) is 6.61 Å². The van der Waals surface area contributed by atoms with E-state index in [9.17, 15) is 9.59 Å². The number of aromatic nitrogens is 2. The molecule has 128 valence electrons. The zero-order valence-electron chi connectivity index (χ0n) is 14.3. The van der Waals surface area contributed by atoms with Crippen LogP contribution in [0.1, 0.15) is 35.0 Å². The SMILES string of the molecule is CCCOc1ccccc1C(=O)c1c(C)[nH]n(-c2ccccc2)c1=O. The fourth-order valence-corrected chi connectivity index (χ4v) is 2.70. The summed E-state index contributed by atoms with van der Waals surface area (Å²) in [5.41, 5.74) is 1.39. The van der Waals surface area contributed by atoms with Crippen LogP contribution in [0.2, 0.25) is 0 Å². The van der Waals surface area contributed by atoms with E-state index in [1.807, 2.05) is 43.3 Å². The maximum absolute atomic E-state index is 13.0. The minimum atomic E-state index is -0.362. The van der Waals surface area contributed by atoms with Crippen LogP contribution in [0.3, 0.4) is 0 Å². The van der Waals surface area contributed by atoms with Crippen LogP contribution in [-0.2, 0) is 0 Å². The van der Waals surface area contributed by atoms with Crippen molar-refractivity contribution in [2.45, 2.75) is 20.3 Å². The predicted octanol–water partition coefficient (Wildman–Crippen LogP) is 3.49. The van der Waals surface area contributed by atoms with E-state index in [4.69, 9.17) is 4.74 Å². The van der Waals surface area contributed by atoms with Gasteiger partial charge in [0, 0.05) is 5.69 Å². The van der Waals surface area contributed by atoms with E-state index in [1.54, 1.807) is 25.1 Å². The van der Waals surface area contributed by atoms with Gasteiger partial charge < -0.3 is 4.74 Å². The average molecular weight is 336 g/mol. The highest BCUT2D eigenvalue weighted by molar-refractivity contribution is 6.11. The minimum absolute atomic E-state index is 0.136. The van der Waals surface area contributed by atoms with E-state index >= 15 is 0 Å². The molecule has 1 aromatic heterocycles. The summed E-state index contributed by atoms with van der Waals surface area (Å²) in [4.78, 5) is 25.8. The van der Waals surface area contributed by atoms with Gasteiger partial charge in [-0.15, -0.1) is 0 Å². The molecule has 0 aliphatic carbocycles.